The van der Waals surface area contributed by atoms with E-state index in [1.165, 1.54) is 13.2 Å². The normalized spacial score (nSPS) is 11.8. The maximum absolute atomic E-state index is 13.7. The minimum absolute atomic E-state index is 0.0547. The Hall–Kier alpha value is -2.11. The van der Waals surface area contributed by atoms with Gasteiger partial charge >= 0.3 is 0 Å². The van der Waals surface area contributed by atoms with E-state index >= 15 is 0 Å². The van der Waals surface area contributed by atoms with E-state index < -0.39 is 0 Å². The number of ether oxygens (including phenoxy) is 1. The van der Waals surface area contributed by atoms with Crippen LogP contribution in [0.5, 0.6) is 5.75 Å². The largest absolute Gasteiger partial charge is 0.495 e. The fourth-order valence-corrected chi connectivity index (χ4v) is 2.39. The topological polar surface area (TPSA) is 50.4 Å². The van der Waals surface area contributed by atoms with Gasteiger partial charge in [0.15, 0.2) is 0 Å². The molecule has 4 nitrogen and oxygen atoms in total. The van der Waals surface area contributed by atoms with Crippen molar-refractivity contribution in [2.24, 2.45) is 0 Å². The van der Waals surface area contributed by atoms with Gasteiger partial charge in [-0.3, -0.25) is 4.79 Å². The number of halogens is 2. The molecule has 2 N–H and O–H groups in total. The van der Waals surface area contributed by atoms with Gasteiger partial charge in [0.25, 0.3) is 0 Å². The lowest BCUT2D eigenvalue weighted by Gasteiger charge is -2.15. The predicted octanol–water partition coefficient (Wildman–Crippen LogP) is 3.78. The molecule has 0 aliphatic carbocycles. The van der Waals surface area contributed by atoms with Gasteiger partial charge in [0.2, 0.25) is 5.91 Å². The van der Waals surface area contributed by atoms with Crippen LogP contribution in [0, 0.1) is 5.82 Å². The Kier molecular flexibility index (Phi) is 5.96. The van der Waals surface area contributed by atoms with Crippen molar-refractivity contribution < 1.29 is 13.9 Å². The smallest absolute Gasteiger partial charge is 0.238 e. The summed E-state index contributed by atoms with van der Waals surface area (Å²) in [5.41, 5.74) is 1.09. The summed E-state index contributed by atoms with van der Waals surface area (Å²) in [5.74, 6) is 0.000216. The van der Waals surface area contributed by atoms with Gasteiger partial charge in [-0.1, -0.05) is 29.8 Å². The van der Waals surface area contributed by atoms with Gasteiger partial charge in [-0.25, -0.2) is 4.39 Å². The lowest BCUT2D eigenvalue weighted by molar-refractivity contribution is -0.115. The van der Waals surface area contributed by atoms with Crippen LogP contribution in [-0.2, 0) is 4.79 Å². The van der Waals surface area contributed by atoms with Crippen LogP contribution in [0.1, 0.15) is 18.5 Å². The summed E-state index contributed by atoms with van der Waals surface area (Å²) in [7, 11) is 1.52. The average molecular weight is 337 g/mol. The minimum Gasteiger partial charge on any atom is -0.495 e. The van der Waals surface area contributed by atoms with E-state index in [4.69, 9.17) is 16.3 Å². The van der Waals surface area contributed by atoms with Crippen molar-refractivity contribution in [3.8, 4) is 5.75 Å². The van der Waals surface area contributed by atoms with Crippen molar-refractivity contribution in [2.75, 3.05) is 19.0 Å². The number of hydrogen-bond acceptors (Lipinski definition) is 3. The molecule has 0 saturated carbocycles. The number of hydrogen-bond donors (Lipinski definition) is 2. The maximum Gasteiger partial charge on any atom is 0.238 e. The quantitative estimate of drug-likeness (QED) is 0.844. The third-order valence-corrected chi connectivity index (χ3v) is 3.67. The lowest BCUT2D eigenvalue weighted by Crippen LogP contribution is -2.30. The SMILES string of the molecule is COc1ccc(NC(=O)CNC(C)c2ccccc2F)cc1Cl. The Morgan fingerprint density at radius 2 is 2.04 bits per heavy atom. The third-order valence-electron chi connectivity index (χ3n) is 3.38. The summed E-state index contributed by atoms with van der Waals surface area (Å²) in [6.07, 6.45) is 0. The second kappa shape index (κ2) is 7.94. The van der Waals surface area contributed by atoms with E-state index in [2.05, 4.69) is 10.6 Å². The molecule has 0 spiro atoms. The Bertz CT molecular complexity index is 694. The molecule has 1 amide bonds. The number of carbonyl (C=O) groups is 1. The summed E-state index contributed by atoms with van der Waals surface area (Å²) < 4.78 is 18.7. The monoisotopic (exact) mass is 336 g/mol. The molecule has 2 aromatic carbocycles. The molecule has 0 fully saturated rings. The summed E-state index contributed by atoms with van der Waals surface area (Å²) in [6.45, 7) is 1.86. The van der Waals surface area contributed by atoms with E-state index in [0.717, 1.165) is 0 Å². The van der Waals surface area contributed by atoms with Crippen LogP contribution in [-0.4, -0.2) is 19.6 Å². The molecule has 2 rings (SSSR count). The molecule has 122 valence electrons. The first kappa shape index (κ1) is 17.2. The average Bonchev–Trinajstić information content (AvgIpc) is 2.53. The standard InChI is InChI=1S/C17H18ClFN2O2/c1-11(13-5-3-4-6-15(13)19)20-10-17(22)21-12-7-8-16(23-2)14(18)9-12/h3-9,11,20H,10H2,1-2H3,(H,21,22). The number of nitrogens with one attached hydrogen (secondary N) is 2. The molecule has 1 unspecified atom stereocenters. The predicted molar refractivity (Wildman–Crippen MR) is 89.5 cm³/mol. The van der Waals surface area contributed by atoms with Gasteiger partial charge in [0.1, 0.15) is 11.6 Å². The van der Waals surface area contributed by atoms with Gasteiger partial charge in [-0.2, -0.15) is 0 Å². The van der Waals surface area contributed by atoms with Crippen molar-refractivity contribution in [1.29, 1.82) is 0 Å². The van der Waals surface area contributed by atoms with Crippen LogP contribution in [0.4, 0.5) is 10.1 Å². The van der Waals surface area contributed by atoms with Crippen LogP contribution >= 0.6 is 11.6 Å². The molecule has 0 heterocycles. The van der Waals surface area contributed by atoms with Crippen LogP contribution in [0.2, 0.25) is 5.02 Å². The summed E-state index contributed by atoms with van der Waals surface area (Å²) in [6, 6.07) is 11.2. The van der Waals surface area contributed by atoms with Crippen molar-refractivity contribution in [1.82, 2.24) is 5.32 Å². The van der Waals surface area contributed by atoms with Gasteiger partial charge < -0.3 is 15.4 Å². The van der Waals surface area contributed by atoms with Crippen molar-refractivity contribution in [3.05, 3.63) is 58.9 Å². The fraction of sp³-hybridized carbons (Fsp3) is 0.235. The first-order valence-electron chi connectivity index (χ1n) is 7.12. The lowest BCUT2D eigenvalue weighted by atomic mass is 10.1. The molecular weight excluding hydrogens is 319 g/mol. The van der Waals surface area contributed by atoms with Crippen LogP contribution in [0.15, 0.2) is 42.5 Å². The highest BCUT2D eigenvalue weighted by Crippen LogP contribution is 2.27. The first-order chi connectivity index (χ1) is 11.0. The third kappa shape index (κ3) is 4.68. The first-order valence-corrected chi connectivity index (χ1v) is 7.50. The number of anilines is 1. The van der Waals surface area contributed by atoms with Crippen molar-refractivity contribution >= 4 is 23.2 Å². The van der Waals surface area contributed by atoms with E-state index in [1.807, 2.05) is 0 Å². The van der Waals surface area contributed by atoms with Crippen LogP contribution in [0.25, 0.3) is 0 Å². The molecular formula is C17H18ClFN2O2. The van der Waals surface area contributed by atoms with Gasteiger partial charge in [0.05, 0.1) is 18.7 Å². The number of rotatable bonds is 6. The fourth-order valence-electron chi connectivity index (χ4n) is 2.13. The highest BCUT2D eigenvalue weighted by atomic mass is 35.5. The summed E-state index contributed by atoms with van der Waals surface area (Å²) >= 11 is 6.00. The second-order valence-electron chi connectivity index (χ2n) is 5.02. The zero-order valence-electron chi connectivity index (χ0n) is 12.9. The number of carbonyl (C=O) groups excluding carboxylic acids is 1. The zero-order valence-corrected chi connectivity index (χ0v) is 13.7. The number of benzene rings is 2. The zero-order chi connectivity index (χ0) is 16.8. The molecule has 0 aromatic heterocycles. The van der Waals surface area contributed by atoms with Crippen LogP contribution < -0.4 is 15.4 Å². The maximum atomic E-state index is 13.7. The Morgan fingerprint density at radius 1 is 1.30 bits per heavy atom. The Balaban J connectivity index is 1.90. The minimum atomic E-state index is -0.296. The molecule has 2 aromatic rings. The second-order valence-corrected chi connectivity index (χ2v) is 5.43. The van der Waals surface area contributed by atoms with Gasteiger partial charge in [-0.05, 0) is 31.2 Å². The number of methoxy groups -OCH3 is 1. The molecule has 1 atom stereocenters. The molecule has 6 heteroatoms. The molecule has 0 saturated heterocycles. The van der Waals surface area contributed by atoms with Crippen LogP contribution in [0.3, 0.4) is 0 Å². The Labute approximate surface area is 139 Å². The highest BCUT2D eigenvalue weighted by molar-refractivity contribution is 6.32. The summed E-state index contributed by atoms with van der Waals surface area (Å²) in [4.78, 5) is 12.0. The van der Waals surface area contributed by atoms with E-state index in [0.29, 0.717) is 22.0 Å². The van der Waals surface area contributed by atoms with E-state index in [1.54, 1.807) is 43.3 Å². The van der Waals surface area contributed by atoms with E-state index in [-0.39, 0.29) is 24.3 Å². The molecule has 0 aliphatic rings. The highest BCUT2D eigenvalue weighted by Gasteiger charge is 2.12. The summed E-state index contributed by atoms with van der Waals surface area (Å²) in [5, 5.41) is 6.12. The molecule has 0 aliphatic heterocycles. The Morgan fingerprint density at radius 3 is 2.70 bits per heavy atom. The van der Waals surface area contributed by atoms with E-state index in [9.17, 15) is 9.18 Å². The molecule has 23 heavy (non-hydrogen) atoms. The molecule has 0 bridgehead atoms. The van der Waals surface area contributed by atoms with Gasteiger partial charge in [0, 0.05) is 17.3 Å². The van der Waals surface area contributed by atoms with Crippen molar-refractivity contribution in [2.45, 2.75) is 13.0 Å². The van der Waals surface area contributed by atoms with Gasteiger partial charge in [-0.15, -0.1) is 0 Å². The number of amides is 1. The van der Waals surface area contributed by atoms with Crippen molar-refractivity contribution in [3.63, 3.8) is 0 Å². The molecule has 0 radical (unpaired) electrons.